The fraction of sp³-hybridized carbons (Fsp3) is 0.500. The zero-order chi connectivity index (χ0) is 16.4. The van der Waals surface area contributed by atoms with Crippen molar-refractivity contribution in [2.24, 2.45) is 0 Å². The normalized spacial score (nSPS) is 16.9. The summed E-state index contributed by atoms with van der Waals surface area (Å²) in [4.78, 5) is 4.69. The fourth-order valence-electron chi connectivity index (χ4n) is 3.22. The van der Waals surface area contributed by atoms with Crippen molar-refractivity contribution in [1.82, 2.24) is 9.55 Å². The molecular weight excluding hydrogens is 311 g/mol. The summed E-state index contributed by atoms with van der Waals surface area (Å²) in [7, 11) is 0. The predicted molar refractivity (Wildman–Crippen MR) is 91.3 cm³/mol. The van der Waals surface area contributed by atoms with Crippen molar-refractivity contribution in [3.63, 3.8) is 0 Å². The van der Waals surface area contributed by atoms with Gasteiger partial charge < -0.3 is 9.67 Å². The molecular formula is C18H23FN2OS. The molecule has 2 aromatic rings. The molecule has 1 heterocycles. The SMILES string of the molecule is Cc1nc(SC[C@@H](O)c2ccc(F)cc2)n(C2CCCC2)c1C. The van der Waals surface area contributed by atoms with Gasteiger partial charge in [0.1, 0.15) is 5.82 Å². The maximum atomic E-state index is 13.0. The molecule has 124 valence electrons. The average molecular weight is 334 g/mol. The Morgan fingerprint density at radius 1 is 1.26 bits per heavy atom. The summed E-state index contributed by atoms with van der Waals surface area (Å²) in [5.74, 6) is 0.241. The zero-order valence-electron chi connectivity index (χ0n) is 13.6. The molecule has 1 saturated carbocycles. The van der Waals surface area contributed by atoms with Crippen LogP contribution in [0.25, 0.3) is 0 Å². The van der Waals surface area contributed by atoms with E-state index in [9.17, 15) is 9.50 Å². The van der Waals surface area contributed by atoms with Gasteiger partial charge in [-0.25, -0.2) is 9.37 Å². The van der Waals surface area contributed by atoms with Gasteiger partial charge in [-0.2, -0.15) is 0 Å². The van der Waals surface area contributed by atoms with Gasteiger partial charge in [-0.05, 0) is 44.4 Å². The van der Waals surface area contributed by atoms with E-state index < -0.39 is 6.10 Å². The van der Waals surface area contributed by atoms with E-state index in [2.05, 4.69) is 16.5 Å². The monoisotopic (exact) mass is 334 g/mol. The third kappa shape index (κ3) is 3.61. The molecule has 23 heavy (non-hydrogen) atoms. The van der Waals surface area contributed by atoms with E-state index in [0.29, 0.717) is 11.8 Å². The Morgan fingerprint density at radius 2 is 1.91 bits per heavy atom. The van der Waals surface area contributed by atoms with Gasteiger partial charge in [-0.15, -0.1) is 0 Å². The molecule has 1 aromatic heterocycles. The Bertz CT molecular complexity index is 662. The van der Waals surface area contributed by atoms with E-state index in [1.54, 1.807) is 23.9 Å². The number of hydrogen-bond donors (Lipinski definition) is 1. The maximum Gasteiger partial charge on any atom is 0.168 e. The van der Waals surface area contributed by atoms with Crippen molar-refractivity contribution in [1.29, 1.82) is 0 Å². The second-order valence-electron chi connectivity index (χ2n) is 6.25. The third-order valence-corrected chi connectivity index (χ3v) is 5.70. The number of aliphatic hydroxyl groups excluding tert-OH is 1. The summed E-state index contributed by atoms with van der Waals surface area (Å²) in [5, 5.41) is 11.3. The lowest BCUT2D eigenvalue weighted by atomic mass is 10.1. The molecule has 0 bridgehead atoms. The van der Waals surface area contributed by atoms with Gasteiger partial charge in [0.2, 0.25) is 0 Å². The van der Waals surface area contributed by atoms with Crippen LogP contribution in [-0.2, 0) is 0 Å². The topological polar surface area (TPSA) is 38.1 Å². The van der Waals surface area contributed by atoms with Gasteiger partial charge >= 0.3 is 0 Å². The highest BCUT2D eigenvalue weighted by Gasteiger charge is 2.23. The third-order valence-electron chi connectivity index (χ3n) is 4.67. The van der Waals surface area contributed by atoms with Crippen LogP contribution in [-0.4, -0.2) is 20.4 Å². The minimum atomic E-state index is -0.616. The lowest BCUT2D eigenvalue weighted by molar-refractivity contribution is 0.204. The van der Waals surface area contributed by atoms with Crippen LogP contribution in [0.15, 0.2) is 29.4 Å². The van der Waals surface area contributed by atoms with Crippen LogP contribution >= 0.6 is 11.8 Å². The highest BCUT2D eigenvalue weighted by molar-refractivity contribution is 7.99. The van der Waals surface area contributed by atoms with Gasteiger partial charge in [-0.1, -0.05) is 36.7 Å². The molecule has 5 heteroatoms. The van der Waals surface area contributed by atoms with Gasteiger partial charge in [0.25, 0.3) is 0 Å². The van der Waals surface area contributed by atoms with Crippen molar-refractivity contribution in [3.05, 3.63) is 47.0 Å². The second kappa shape index (κ2) is 7.05. The number of rotatable bonds is 5. The number of imidazole rings is 1. The summed E-state index contributed by atoms with van der Waals surface area (Å²) in [6.45, 7) is 4.17. The van der Waals surface area contributed by atoms with Crippen molar-refractivity contribution in [3.8, 4) is 0 Å². The van der Waals surface area contributed by atoms with Crippen LogP contribution in [0, 0.1) is 19.7 Å². The fourth-order valence-corrected chi connectivity index (χ4v) is 4.35. The molecule has 0 spiro atoms. The number of thioether (sulfide) groups is 1. The Kier molecular flexibility index (Phi) is 5.07. The lowest BCUT2D eigenvalue weighted by Gasteiger charge is -2.18. The maximum absolute atomic E-state index is 13.0. The first-order valence-electron chi connectivity index (χ1n) is 8.18. The average Bonchev–Trinajstić information content (AvgIpc) is 3.15. The highest BCUT2D eigenvalue weighted by Crippen LogP contribution is 2.36. The quantitative estimate of drug-likeness (QED) is 0.813. The molecule has 1 aliphatic carbocycles. The van der Waals surface area contributed by atoms with Crippen molar-refractivity contribution in [2.45, 2.75) is 56.8 Å². The van der Waals surface area contributed by atoms with E-state index in [4.69, 9.17) is 0 Å². The number of aliphatic hydroxyl groups is 1. The summed E-state index contributed by atoms with van der Waals surface area (Å²) >= 11 is 1.58. The number of aryl methyl sites for hydroxylation is 1. The van der Waals surface area contributed by atoms with Crippen molar-refractivity contribution < 1.29 is 9.50 Å². The van der Waals surface area contributed by atoms with Gasteiger partial charge in [0.15, 0.2) is 5.16 Å². The standard InChI is InChI=1S/C18H23FN2OS/c1-12-13(2)21(16-5-3-4-6-16)18(20-12)23-11-17(22)14-7-9-15(19)10-8-14/h7-10,16-17,22H,3-6,11H2,1-2H3/t17-/m1/s1. The number of nitrogens with zero attached hydrogens (tertiary/aromatic N) is 2. The number of halogens is 1. The summed E-state index contributed by atoms with van der Waals surface area (Å²) in [6.07, 6.45) is 4.37. The first-order chi connectivity index (χ1) is 11.1. The van der Waals surface area contributed by atoms with Crippen molar-refractivity contribution in [2.75, 3.05) is 5.75 Å². The van der Waals surface area contributed by atoms with Crippen LogP contribution in [0.4, 0.5) is 4.39 Å². The lowest BCUT2D eigenvalue weighted by Crippen LogP contribution is -2.09. The van der Waals surface area contributed by atoms with E-state index in [0.717, 1.165) is 16.4 Å². The molecule has 1 atom stereocenters. The number of aromatic nitrogens is 2. The molecule has 1 aliphatic rings. The molecule has 0 amide bonds. The van der Waals surface area contributed by atoms with Gasteiger partial charge in [0.05, 0.1) is 11.8 Å². The largest absolute Gasteiger partial charge is 0.388 e. The number of benzene rings is 1. The predicted octanol–water partition coefficient (Wildman–Crippen LogP) is 4.58. The van der Waals surface area contributed by atoms with Crippen LogP contribution in [0.1, 0.15) is 54.8 Å². The molecule has 3 rings (SSSR count). The Balaban J connectivity index is 1.72. The molecule has 1 N–H and O–H groups in total. The zero-order valence-corrected chi connectivity index (χ0v) is 14.4. The molecule has 3 nitrogen and oxygen atoms in total. The van der Waals surface area contributed by atoms with Crippen LogP contribution in [0.3, 0.4) is 0 Å². The van der Waals surface area contributed by atoms with E-state index in [1.165, 1.54) is 43.5 Å². The van der Waals surface area contributed by atoms with Crippen LogP contribution in [0.5, 0.6) is 0 Å². The Morgan fingerprint density at radius 3 is 2.57 bits per heavy atom. The second-order valence-corrected chi connectivity index (χ2v) is 7.24. The molecule has 0 aliphatic heterocycles. The van der Waals surface area contributed by atoms with Gasteiger partial charge in [0, 0.05) is 17.5 Å². The van der Waals surface area contributed by atoms with Crippen molar-refractivity contribution >= 4 is 11.8 Å². The van der Waals surface area contributed by atoms with Gasteiger partial charge in [-0.3, -0.25) is 0 Å². The molecule has 1 fully saturated rings. The first kappa shape index (κ1) is 16.5. The minimum Gasteiger partial charge on any atom is -0.388 e. The van der Waals surface area contributed by atoms with E-state index in [-0.39, 0.29) is 5.82 Å². The Hall–Kier alpha value is -1.33. The summed E-state index contributed by atoms with van der Waals surface area (Å²) in [6, 6.07) is 6.59. The van der Waals surface area contributed by atoms with E-state index in [1.807, 2.05) is 6.92 Å². The summed E-state index contributed by atoms with van der Waals surface area (Å²) in [5.41, 5.74) is 3.04. The molecule has 1 aromatic carbocycles. The molecule has 0 radical (unpaired) electrons. The van der Waals surface area contributed by atoms with Crippen LogP contribution < -0.4 is 0 Å². The molecule has 0 unspecified atom stereocenters. The molecule has 0 saturated heterocycles. The minimum absolute atomic E-state index is 0.281. The summed E-state index contributed by atoms with van der Waals surface area (Å²) < 4.78 is 15.3. The highest BCUT2D eigenvalue weighted by atomic mass is 32.2. The number of hydrogen-bond acceptors (Lipinski definition) is 3. The Labute approximate surface area is 140 Å². The van der Waals surface area contributed by atoms with E-state index >= 15 is 0 Å². The first-order valence-corrected chi connectivity index (χ1v) is 9.16. The smallest absolute Gasteiger partial charge is 0.168 e. The van der Waals surface area contributed by atoms with Crippen LogP contribution in [0.2, 0.25) is 0 Å².